The van der Waals surface area contributed by atoms with Gasteiger partial charge < -0.3 is 14.8 Å². The smallest absolute Gasteiger partial charge is 0.317 e. The normalized spacial score (nSPS) is 19.8. The summed E-state index contributed by atoms with van der Waals surface area (Å²) in [6, 6.07) is -0.141. The number of piperazine rings is 1. The van der Waals surface area contributed by atoms with E-state index in [1.807, 2.05) is 18.4 Å². The van der Waals surface area contributed by atoms with Crippen molar-refractivity contribution in [2.45, 2.75) is 33.2 Å². The first-order valence-electron chi connectivity index (χ1n) is 9.16. The fourth-order valence-electron chi connectivity index (χ4n) is 3.37. The molecule has 1 aromatic rings. The Morgan fingerprint density at radius 3 is 2.27 bits per heavy atom. The van der Waals surface area contributed by atoms with Gasteiger partial charge in [-0.15, -0.1) is 0 Å². The van der Waals surface area contributed by atoms with Gasteiger partial charge in [0.1, 0.15) is 0 Å². The number of rotatable bonds is 5. The van der Waals surface area contributed by atoms with Crippen LogP contribution in [-0.4, -0.2) is 83.3 Å². The van der Waals surface area contributed by atoms with E-state index >= 15 is 0 Å². The van der Waals surface area contributed by atoms with Crippen LogP contribution in [0.1, 0.15) is 24.2 Å². The van der Waals surface area contributed by atoms with E-state index in [1.54, 1.807) is 15.5 Å². The molecule has 3 rings (SSSR count). The Morgan fingerprint density at radius 1 is 1.08 bits per heavy atom. The van der Waals surface area contributed by atoms with Gasteiger partial charge in [-0.2, -0.15) is 17.0 Å². The molecule has 1 N–H and O–H groups in total. The number of nitrogens with one attached hydrogen (secondary N) is 1. The quantitative estimate of drug-likeness (QED) is 0.783. The lowest BCUT2D eigenvalue weighted by molar-refractivity contribution is 0.169. The van der Waals surface area contributed by atoms with Crippen LogP contribution in [0.25, 0.3) is 0 Å². The Labute approximate surface area is 155 Å². The standard InChI is InChI=1S/C16H28N6O3S/c1-14-15(2)20(13-18-14)8-5-17-16(23)19-9-11-22(12-10-19)26(24,25)21-6-3-4-7-21/h13H,3-12H2,1-2H3,(H,17,23). The summed E-state index contributed by atoms with van der Waals surface area (Å²) < 4.78 is 30.2. The second-order valence-corrected chi connectivity index (χ2v) is 8.77. The average molecular weight is 385 g/mol. The summed E-state index contributed by atoms with van der Waals surface area (Å²) >= 11 is 0. The molecule has 2 aliphatic heterocycles. The fraction of sp³-hybridized carbons (Fsp3) is 0.750. The van der Waals surface area contributed by atoms with Crippen molar-refractivity contribution in [3.8, 4) is 0 Å². The molecule has 9 nitrogen and oxygen atoms in total. The molecule has 2 amide bonds. The van der Waals surface area contributed by atoms with E-state index in [0.29, 0.717) is 52.4 Å². The highest BCUT2D eigenvalue weighted by atomic mass is 32.2. The highest BCUT2D eigenvalue weighted by Gasteiger charge is 2.34. The number of hydrogen-bond acceptors (Lipinski definition) is 4. The summed E-state index contributed by atoms with van der Waals surface area (Å²) in [5, 5.41) is 2.91. The summed E-state index contributed by atoms with van der Waals surface area (Å²) in [5.74, 6) is 0. The number of carbonyl (C=O) groups is 1. The Morgan fingerprint density at radius 2 is 1.69 bits per heavy atom. The van der Waals surface area contributed by atoms with Crippen LogP contribution < -0.4 is 5.32 Å². The van der Waals surface area contributed by atoms with Gasteiger partial charge in [0.2, 0.25) is 0 Å². The van der Waals surface area contributed by atoms with Gasteiger partial charge in [-0.1, -0.05) is 0 Å². The van der Waals surface area contributed by atoms with Gasteiger partial charge in [0, 0.05) is 58.1 Å². The van der Waals surface area contributed by atoms with Crippen LogP contribution in [-0.2, 0) is 16.8 Å². The van der Waals surface area contributed by atoms with Crippen molar-refractivity contribution < 1.29 is 13.2 Å². The second-order valence-electron chi connectivity index (χ2n) is 6.84. The highest BCUT2D eigenvalue weighted by molar-refractivity contribution is 7.86. The largest absolute Gasteiger partial charge is 0.336 e. The topological polar surface area (TPSA) is 90.8 Å². The molecule has 0 saturated carbocycles. The van der Waals surface area contributed by atoms with Gasteiger partial charge >= 0.3 is 6.03 Å². The lowest BCUT2D eigenvalue weighted by Crippen LogP contribution is -2.55. The molecule has 2 saturated heterocycles. The summed E-state index contributed by atoms with van der Waals surface area (Å²) in [4.78, 5) is 18.2. The number of aryl methyl sites for hydroxylation is 1. The number of nitrogens with zero attached hydrogens (tertiary/aromatic N) is 5. The maximum atomic E-state index is 12.6. The van der Waals surface area contributed by atoms with E-state index in [9.17, 15) is 13.2 Å². The summed E-state index contributed by atoms with van der Waals surface area (Å²) in [6.07, 6.45) is 3.63. The third-order valence-corrected chi connectivity index (χ3v) is 7.25. The monoisotopic (exact) mass is 384 g/mol. The van der Waals surface area contributed by atoms with Crippen molar-refractivity contribution in [2.75, 3.05) is 45.8 Å². The molecular formula is C16H28N6O3S. The molecule has 0 atom stereocenters. The Kier molecular flexibility index (Phi) is 5.83. The molecule has 10 heteroatoms. The van der Waals surface area contributed by atoms with Crippen LogP contribution in [0.15, 0.2) is 6.33 Å². The first-order valence-corrected chi connectivity index (χ1v) is 10.6. The zero-order valence-corrected chi connectivity index (χ0v) is 16.3. The molecule has 0 unspecified atom stereocenters. The van der Waals surface area contributed by atoms with Crippen molar-refractivity contribution in [3.63, 3.8) is 0 Å². The Balaban J connectivity index is 1.44. The van der Waals surface area contributed by atoms with Gasteiger partial charge in [-0.25, -0.2) is 9.78 Å². The van der Waals surface area contributed by atoms with E-state index in [-0.39, 0.29) is 6.03 Å². The van der Waals surface area contributed by atoms with Crippen molar-refractivity contribution >= 4 is 16.2 Å². The van der Waals surface area contributed by atoms with Crippen molar-refractivity contribution in [1.29, 1.82) is 0 Å². The third-order valence-electron chi connectivity index (χ3n) is 5.22. The fourth-order valence-corrected chi connectivity index (χ4v) is 5.04. The molecule has 3 heterocycles. The molecular weight excluding hydrogens is 356 g/mol. The molecule has 2 aliphatic rings. The maximum absolute atomic E-state index is 12.6. The minimum Gasteiger partial charge on any atom is -0.336 e. The molecule has 0 aliphatic carbocycles. The van der Waals surface area contributed by atoms with Gasteiger partial charge in [-0.3, -0.25) is 0 Å². The predicted octanol–water partition coefficient (Wildman–Crippen LogP) is 0.168. The van der Waals surface area contributed by atoms with Crippen LogP contribution in [0.3, 0.4) is 0 Å². The maximum Gasteiger partial charge on any atom is 0.317 e. The van der Waals surface area contributed by atoms with Crippen molar-refractivity contribution in [3.05, 3.63) is 17.7 Å². The highest BCUT2D eigenvalue weighted by Crippen LogP contribution is 2.18. The number of carbonyl (C=O) groups excluding carboxylic acids is 1. The van der Waals surface area contributed by atoms with Crippen LogP contribution in [0.5, 0.6) is 0 Å². The van der Waals surface area contributed by atoms with Gasteiger partial charge in [-0.05, 0) is 26.7 Å². The Bertz CT molecular complexity index is 733. The van der Waals surface area contributed by atoms with Gasteiger partial charge in [0.05, 0.1) is 12.0 Å². The van der Waals surface area contributed by atoms with E-state index in [0.717, 1.165) is 24.2 Å². The Hall–Kier alpha value is -1.65. The number of hydrogen-bond donors (Lipinski definition) is 1. The summed E-state index contributed by atoms with van der Waals surface area (Å²) in [5.41, 5.74) is 2.09. The molecule has 0 radical (unpaired) electrons. The van der Waals surface area contributed by atoms with Gasteiger partial charge in [0.25, 0.3) is 10.2 Å². The number of amides is 2. The minimum absolute atomic E-state index is 0.141. The SMILES string of the molecule is Cc1ncn(CCNC(=O)N2CCN(S(=O)(=O)N3CCCC3)CC2)c1C. The van der Waals surface area contributed by atoms with Gasteiger partial charge in [0.15, 0.2) is 0 Å². The van der Waals surface area contributed by atoms with Crippen LogP contribution in [0.4, 0.5) is 4.79 Å². The first-order chi connectivity index (χ1) is 12.4. The molecule has 1 aromatic heterocycles. The zero-order chi connectivity index (χ0) is 18.7. The number of imidazole rings is 1. The minimum atomic E-state index is -3.37. The van der Waals surface area contributed by atoms with Crippen LogP contribution in [0, 0.1) is 13.8 Å². The lowest BCUT2D eigenvalue weighted by Gasteiger charge is -2.35. The number of aromatic nitrogens is 2. The molecule has 2 fully saturated rings. The molecule has 0 spiro atoms. The first kappa shape index (κ1) is 19.1. The van der Waals surface area contributed by atoms with E-state index in [1.165, 1.54) is 4.31 Å². The molecule has 0 bridgehead atoms. The van der Waals surface area contributed by atoms with Crippen LogP contribution >= 0.6 is 0 Å². The summed E-state index contributed by atoms with van der Waals surface area (Å²) in [7, 11) is -3.37. The number of urea groups is 1. The summed E-state index contributed by atoms with van der Waals surface area (Å²) in [6.45, 7) is 7.91. The molecule has 26 heavy (non-hydrogen) atoms. The predicted molar refractivity (Wildman–Crippen MR) is 98.0 cm³/mol. The van der Waals surface area contributed by atoms with Crippen molar-refractivity contribution in [1.82, 2.24) is 28.4 Å². The molecule has 0 aromatic carbocycles. The molecule has 146 valence electrons. The lowest BCUT2D eigenvalue weighted by atomic mass is 10.4. The van der Waals surface area contributed by atoms with E-state index in [2.05, 4.69) is 10.3 Å². The third kappa shape index (κ3) is 4.02. The van der Waals surface area contributed by atoms with Crippen LogP contribution in [0.2, 0.25) is 0 Å². The second kappa shape index (κ2) is 7.93. The van der Waals surface area contributed by atoms with E-state index < -0.39 is 10.2 Å². The van der Waals surface area contributed by atoms with E-state index in [4.69, 9.17) is 0 Å². The average Bonchev–Trinajstić information content (AvgIpc) is 3.28. The zero-order valence-electron chi connectivity index (χ0n) is 15.5. The van der Waals surface area contributed by atoms with Crippen molar-refractivity contribution in [2.24, 2.45) is 0 Å².